The first kappa shape index (κ1) is 10.3. The highest BCUT2D eigenvalue weighted by Crippen LogP contribution is 2.49. The monoisotopic (exact) mass is 212 g/mol. The van der Waals surface area contributed by atoms with Gasteiger partial charge < -0.3 is 5.32 Å². The number of thioether (sulfide) groups is 1. The highest BCUT2D eigenvalue weighted by atomic mass is 32.2. The van der Waals surface area contributed by atoms with Crippen molar-refractivity contribution in [2.75, 3.05) is 12.3 Å². The third-order valence-corrected chi connectivity index (χ3v) is 4.32. The van der Waals surface area contributed by atoms with Crippen molar-refractivity contribution in [3.05, 3.63) is 0 Å². The average Bonchev–Trinajstić information content (AvgIpc) is 2.80. The Morgan fingerprint density at radius 1 is 1.57 bits per heavy atom. The van der Waals surface area contributed by atoms with Gasteiger partial charge in [0.25, 0.3) is 0 Å². The van der Waals surface area contributed by atoms with E-state index >= 15 is 0 Å². The zero-order valence-corrected chi connectivity index (χ0v) is 9.99. The second kappa shape index (κ2) is 4.13. The van der Waals surface area contributed by atoms with Crippen LogP contribution in [-0.2, 0) is 0 Å². The third kappa shape index (κ3) is 2.44. The first-order valence-electron chi connectivity index (χ1n) is 5.68. The van der Waals surface area contributed by atoms with Gasteiger partial charge in [0.2, 0.25) is 0 Å². The van der Waals surface area contributed by atoms with Crippen LogP contribution in [0.25, 0.3) is 0 Å². The molecular weight excluding hydrogens is 192 g/mol. The molecule has 1 heterocycles. The Labute approximate surface area is 90.9 Å². The van der Waals surface area contributed by atoms with Gasteiger partial charge in [-0.2, -0.15) is 0 Å². The lowest BCUT2D eigenvalue weighted by atomic mass is 10.0. The molecule has 0 aromatic carbocycles. The highest BCUT2D eigenvalue weighted by molar-refractivity contribution is 8.14. The molecular formula is C11H20N2S. The molecule has 3 heteroatoms. The molecule has 2 aliphatic rings. The molecule has 1 aliphatic carbocycles. The maximum absolute atomic E-state index is 4.69. The Hall–Kier alpha value is -0.180. The van der Waals surface area contributed by atoms with E-state index in [1.54, 1.807) is 0 Å². The topological polar surface area (TPSA) is 24.4 Å². The van der Waals surface area contributed by atoms with Crippen molar-refractivity contribution in [3.63, 3.8) is 0 Å². The van der Waals surface area contributed by atoms with Crippen LogP contribution in [0.3, 0.4) is 0 Å². The van der Waals surface area contributed by atoms with Crippen molar-refractivity contribution >= 4 is 16.9 Å². The minimum atomic E-state index is 0.607. The Bertz CT molecular complexity index is 233. The van der Waals surface area contributed by atoms with E-state index in [4.69, 9.17) is 4.99 Å². The Kier molecular flexibility index (Phi) is 3.05. The lowest BCUT2D eigenvalue weighted by Gasteiger charge is -2.10. The van der Waals surface area contributed by atoms with Crippen molar-refractivity contribution in [3.8, 4) is 0 Å². The molecule has 1 saturated heterocycles. The van der Waals surface area contributed by atoms with E-state index in [1.807, 2.05) is 11.8 Å². The summed E-state index contributed by atoms with van der Waals surface area (Å²) < 4.78 is 0. The SMILES string of the molecule is CCCC1(CN=C2NC(C)CS2)CC1. The number of amidine groups is 1. The summed E-state index contributed by atoms with van der Waals surface area (Å²) in [6.07, 6.45) is 5.47. The van der Waals surface area contributed by atoms with E-state index in [-0.39, 0.29) is 0 Å². The van der Waals surface area contributed by atoms with Crippen LogP contribution in [0.15, 0.2) is 4.99 Å². The van der Waals surface area contributed by atoms with Crippen LogP contribution in [0.1, 0.15) is 39.5 Å². The van der Waals surface area contributed by atoms with Crippen LogP contribution in [0.4, 0.5) is 0 Å². The molecule has 1 atom stereocenters. The summed E-state index contributed by atoms with van der Waals surface area (Å²) in [7, 11) is 0. The van der Waals surface area contributed by atoms with Crippen molar-refractivity contribution in [2.24, 2.45) is 10.4 Å². The normalized spacial score (nSPS) is 31.9. The standard InChI is InChI=1S/C11H20N2S/c1-3-4-11(5-6-11)8-12-10-13-9(2)7-14-10/h9H,3-8H2,1-2H3,(H,12,13). The maximum atomic E-state index is 4.69. The molecule has 1 unspecified atom stereocenters. The molecule has 2 nitrogen and oxygen atoms in total. The van der Waals surface area contributed by atoms with Crippen LogP contribution in [0.2, 0.25) is 0 Å². The molecule has 1 saturated carbocycles. The smallest absolute Gasteiger partial charge is 0.156 e. The van der Waals surface area contributed by atoms with Crippen LogP contribution in [-0.4, -0.2) is 23.5 Å². The quantitative estimate of drug-likeness (QED) is 0.775. The van der Waals surface area contributed by atoms with E-state index in [0.29, 0.717) is 11.5 Å². The van der Waals surface area contributed by atoms with E-state index in [2.05, 4.69) is 19.2 Å². The zero-order valence-electron chi connectivity index (χ0n) is 9.18. The first-order chi connectivity index (χ1) is 6.74. The number of nitrogens with one attached hydrogen (secondary N) is 1. The molecule has 14 heavy (non-hydrogen) atoms. The Morgan fingerprint density at radius 3 is 2.86 bits per heavy atom. The predicted molar refractivity (Wildman–Crippen MR) is 63.9 cm³/mol. The second-order valence-corrected chi connectivity index (χ2v) is 5.74. The summed E-state index contributed by atoms with van der Waals surface area (Å²) >= 11 is 1.88. The van der Waals surface area contributed by atoms with Gasteiger partial charge in [-0.1, -0.05) is 25.1 Å². The van der Waals surface area contributed by atoms with Crippen molar-refractivity contribution in [1.82, 2.24) is 5.32 Å². The second-order valence-electron chi connectivity index (χ2n) is 4.73. The van der Waals surface area contributed by atoms with Crippen LogP contribution in [0.5, 0.6) is 0 Å². The number of rotatable bonds is 4. The van der Waals surface area contributed by atoms with E-state index in [9.17, 15) is 0 Å². The summed E-state index contributed by atoms with van der Waals surface area (Å²) in [6, 6.07) is 0.611. The van der Waals surface area contributed by atoms with Gasteiger partial charge in [0.05, 0.1) is 0 Å². The van der Waals surface area contributed by atoms with Gasteiger partial charge in [-0.25, -0.2) is 0 Å². The number of nitrogens with zero attached hydrogens (tertiary/aromatic N) is 1. The summed E-state index contributed by atoms with van der Waals surface area (Å²) in [4.78, 5) is 4.69. The van der Waals surface area contributed by atoms with E-state index in [1.165, 1.54) is 36.6 Å². The molecule has 1 N–H and O–H groups in total. The number of aliphatic imine (C=N–C) groups is 1. The summed E-state index contributed by atoms with van der Waals surface area (Å²) in [5, 5.41) is 4.59. The zero-order chi connectivity index (χ0) is 10.0. The maximum Gasteiger partial charge on any atom is 0.156 e. The van der Waals surface area contributed by atoms with Crippen molar-refractivity contribution in [1.29, 1.82) is 0 Å². The lowest BCUT2D eigenvalue weighted by Crippen LogP contribution is -2.23. The van der Waals surface area contributed by atoms with Gasteiger partial charge in [-0.05, 0) is 31.6 Å². The molecule has 80 valence electrons. The van der Waals surface area contributed by atoms with Gasteiger partial charge in [0, 0.05) is 18.3 Å². The number of hydrogen-bond acceptors (Lipinski definition) is 2. The van der Waals surface area contributed by atoms with E-state index in [0.717, 1.165) is 6.54 Å². The molecule has 2 rings (SSSR count). The Morgan fingerprint density at radius 2 is 2.36 bits per heavy atom. The minimum Gasteiger partial charge on any atom is -0.362 e. The summed E-state index contributed by atoms with van der Waals surface area (Å²) in [5.41, 5.74) is 0.607. The summed E-state index contributed by atoms with van der Waals surface area (Å²) in [5.74, 6) is 1.18. The van der Waals surface area contributed by atoms with Crippen LogP contribution >= 0.6 is 11.8 Å². The molecule has 0 radical (unpaired) electrons. The van der Waals surface area contributed by atoms with Gasteiger partial charge in [0.15, 0.2) is 5.17 Å². The molecule has 2 fully saturated rings. The number of hydrogen-bond donors (Lipinski definition) is 1. The molecule has 0 aromatic heterocycles. The fraction of sp³-hybridized carbons (Fsp3) is 0.909. The average molecular weight is 212 g/mol. The molecule has 0 bridgehead atoms. The predicted octanol–water partition coefficient (Wildman–Crippen LogP) is 2.65. The first-order valence-corrected chi connectivity index (χ1v) is 6.66. The molecule has 0 aromatic rings. The molecule has 0 amide bonds. The van der Waals surface area contributed by atoms with E-state index < -0.39 is 0 Å². The fourth-order valence-corrected chi connectivity index (χ4v) is 2.95. The fourth-order valence-electron chi connectivity index (χ4n) is 2.02. The van der Waals surface area contributed by atoms with Gasteiger partial charge in [-0.15, -0.1) is 0 Å². The van der Waals surface area contributed by atoms with Crippen LogP contribution < -0.4 is 5.32 Å². The van der Waals surface area contributed by atoms with Crippen molar-refractivity contribution < 1.29 is 0 Å². The molecule has 1 aliphatic heterocycles. The van der Waals surface area contributed by atoms with Gasteiger partial charge in [-0.3, -0.25) is 4.99 Å². The lowest BCUT2D eigenvalue weighted by molar-refractivity contribution is 0.472. The minimum absolute atomic E-state index is 0.607. The molecule has 0 spiro atoms. The summed E-state index contributed by atoms with van der Waals surface area (Å²) in [6.45, 7) is 5.55. The van der Waals surface area contributed by atoms with Gasteiger partial charge in [0.1, 0.15) is 0 Å². The van der Waals surface area contributed by atoms with Gasteiger partial charge >= 0.3 is 0 Å². The Balaban J connectivity index is 1.81. The van der Waals surface area contributed by atoms with Crippen molar-refractivity contribution in [2.45, 2.75) is 45.6 Å². The third-order valence-electron chi connectivity index (χ3n) is 3.14. The largest absolute Gasteiger partial charge is 0.362 e. The highest BCUT2D eigenvalue weighted by Gasteiger charge is 2.41. The van der Waals surface area contributed by atoms with Crippen LogP contribution in [0, 0.1) is 5.41 Å².